The van der Waals surface area contributed by atoms with Crippen molar-refractivity contribution in [2.45, 2.75) is 6.36 Å². The highest BCUT2D eigenvalue weighted by Crippen LogP contribution is 2.27. The fourth-order valence-electron chi connectivity index (χ4n) is 2.93. The Bertz CT molecular complexity index is 1200. The van der Waals surface area contributed by atoms with Gasteiger partial charge in [0.15, 0.2) is 0 Å². The van der Waals surface area contributed by atoms with E-state index in [1.165, 1.54) is 36.4 Å². The summed E-state index contributed by atoms with van der Waals surface area (Å²) in [7, 11) is 0. The number of nitrogens with zero attached hydrogens (tertiary/aromatic N) is 1. The predicted octanol–water partition coefficient (Wildman–Crippen LogP) is 5.57. The number of alkyl halides is 3. The molecule has 9 heteroatoms. The van der Waals surface area contributed by atoms with Crippen molar-refractivity contribution in [2.75, 3.05) is 5.32 Å². The number of aromatic amines is 1. The summed E-state index contributed by atoms with van der Waals surface area (Å²) in [5, 5.41) is 12.0. The number of carboxylic acid groups (broad SMARTS) is 1. The van der Waals surface area contributed by atoms with Crippen molar-refractivity contribution < 1.29 is 27.8 Å². The Balaban J connectivity index is 1.53. The molecule has 0 bridgehead atoms. The van der Waals surface area contributed by atoms with E-state index in [0.29, 0.717) is 17.2 Å². The van der Waals surface area contributed by atoms with Crippen LogP contribution in [0.15, 0.2) is 66.7 Å². The normalized spacial score (nSPS) is 11.4. The van der Waals surface area contributed by atoms with Crippen molar-refractivity contribution in [1.29, 1.82) is 0 Å². The van der Waals surface area contributed by atoms with Crippen molar-refractivity contribution in [3.8, 4) is 16.9 Å². The van der Waals surface area contributed by atoms with E-state index in [1.807, 2.05) is 18.2 Å². The first-order valence-electron chi connectivity index (χ1n) is 8.73. The van der Waals surface area contributed by atoms with E-state index in [-0.39, 0.29) is 11.3 Å². The van der Waals surface area contributed by atoms with Crippen molar-refractivity contribution >= 4 is 28.6 Å². The maximum atomic E-state index is 12.2. The second kappa shape index (κ2) is 7.43. The maximum absolute atomic E-state index is 12.2. The van der Waals surface area contributed by atoms with Gasteiger partial charge in [-0.1, -0.05) is 18.2 Å². The number of carbonyl (C=O) groups is 1. The molecule has 1 aromatic heterocycles. The summed E-state index contributed by atoms with van der Waals surface area (Å²) in [5.41, 5.74) is 3.91. The van der Waals surface area contributed by atoms with Gasteiger partial charge in [-0.05, 0) is 59.7 Å². The van der Waals surface area contributed by atoms with Gasteiger partial charge in [0.1, 0.15) is 5.75 Å². The molecule has 4 aromatic rings. The van der Waals surface area contributed by atoms with Crippen LogP contribution in [0, 0.1) is 0 Å². The molecular formula is C21H14F3N3O3. The minimum Gasteiger partial charge on any atom is -0.478 e. The number of fused-ring (bicyclic) bond motifs is 1. The van der Waals surface area contributed by atoms with Crippen molar-refractivity contribution in [3.63, 3.8) is 0 Å². The Morgan fingerprint density at radius 1 is 0.967 bits per heavy atom. The zero-order chi connectivity index (χ0) is 21.3. The number of aromatic carboxylic acids is 1. The van der Waals surface area contributed by atoms with Crippen LogP contribution < -0.4 is 10.1 Å². The molecule has 0 radical (unpaired) electrons. The molecule has 0 atom stereocenters. The molecule has 152 valence electrons. The summed E-state index contributed by atoms with van der Waals surface area (Å²) in [6.45, 7) is 0. The molecule has 0 amide bonds. The fourth-order valence-corrected chi connectivity index (χ4v) is 2.93. The third-order valence-corrected chi connectivity index (χ3v) is 4.30. The van der Waals surface area contributed by atoms with Gasteiger partial charge >= 0.3 is 12.3 Å². The number of hydrogen-bond donors (Lipinski definition) is 3. The number of carboxylic acids is 1. The SMILES string of the molecule is O=C(O)c1ccc(-c2ccc3nc(Nc4ccc(OC(F)(F)F)cc4)[nH]c3c2)cc1. The largest absolute Gasteiger partial charge is 0.573 e. The van der Waals surface area contributed by atoms with Crippen molar-refractivity contribution in [1.82, 2.24) is 9.97 Å². The van der Waals surface area contributed by atoms with E-state index in [2.05, 4.69) is 20.0 Å². The van der Waals surface area contributed by atoms with Gasteiger partial charge in [-0.3, -0.25) is 0 Å². The maximum Gasteiger partial charge on any atom is 0.573 e. The van der Waals surface area contributed by atoms with Crippen LogP contribution in [0.25, 0.3) is 22.2 Å². The molecule has 0 aliphatic carbocycles. The summed E-state index contributed by atoms with van der Waals surface area (Å²) in [5.74, 6) is -0.872. The number of imidazole rings is 1. The first-order valence-corrected chi connectivity index (χ1v) is 8.73. The third-order valence-electron chi connectivity index (χ3n) is 4.30. The standard InChI is InChI=1S/C21H14F3N3O3/c22-21(23,24)30-16-8-6-15(7-9-16)25-20-26-17-10-5-14(11-18(17)27-20)12-1-3-13(4-2-12)19(28)29/h1-11H,(H,28,29)(H2,25,26,27). The molecule has 30 heavy (non-hydrogen) atoms. The molecule has 0 aliphatic heterocycles. The molecule has 6 nitrogen and oxygen atoms in total. The number of halogens is 3. The Hall–Kier alpha value is -4.01. The van der Waals surface area contributed by atoms with E-state index in [9.17, 15) is 18.0 Å². The number of ether oxygens (including phenoxy) is 1. The highest BCUT2D eigenvalue weighted by molar-refractivity contribution is 5.89. The Morgan fingerprint density at radius 3 is 2.27 bits per heavy atom. The second-order valence-corrected chi connectivity index (χ2v) is 6.40. The van der Waals surface area contributed by atoms with Crippen LogP contribution in [0.2, 0.25) is 0 Å². The van der Waals surface area contributed by atoms with Gasteiger partial charge in [-0.25, -0.2) is 9.78 Å². The lowest BCUT2D eigenvalue weighted by Gasteiger charge is -2.09. The summed E-state index contributed by atoms with van der Waals surface area (Å²) >= 11 is 0. The van der Waals surface area contributed by atoms with E-state index < -0.39 is 12.3 Å². The van der Waals surface area contributed by atoms with Gasteiger partial charge in [0.25, 0.3) is 0 Å². The quantitative estimate of drug-likeness (QED) is 0.398. The molecule has 0 spiro atoms. The van der Waals surface area contributed by atoms with Crippen molar-refractivity contribution in [3.05, 3.63) is 72.3 Å². The van der Waals surface area contributed by atoms with E-state index >= 15 is 0 Å². The van der Waals surface area contributed by atoms with Gasteiger partial charge in [-0.2, -0.15) is 0 Å². The third kappa shape index (κ3) is 4.35. The number of aromatic nitrogens is 2. The number of hydrogen-bond acceptors (Lipinski definition) is 4. The Labute approximate surface area is 168 Å². The lowest BCUT2D eigenvalue weighted by Crippen LogP contribution is -2.16. The molecular weight excluding hydrogens is 399 g/mol. The minimum absolute atomic E-state index is 0.208. The van der Waals surface area contributed by atoms with Gasteiger partial charge in [-0.15, -0.1) is 13.2 Å². The summed E-state index contributed by atoms with van der Waals surface area (Å²) in [4.78, 5) is 18.5. The highest BCUT2D eigenvalue weighted by atomic mass is 19.4. The van der Waals surface area contributed by atoms with Crippen LogP contribution in [0.4, 0.5) is 24.8 Å². The molecule has 3 aromatic carbocycles. The van der Waals surface area contributed by atoms with Gasteiger partial charge in [0.2, 0.25) is 5.95 Å². The van der Waals surface area contributed by atoms with Crippen LogP contribution >= 0.6 is 0 Å². The Morgan fingerprint density at radius 2 is 1.63 bits per heavy atom. The molecule has 0 saturated carbocycles. The first-order chi connectivity index (χ1) is 14.3. The first kappa shape index (κ1) is 19.3. The predicted molar refractivity (Wildman–Crippen MR) is 105 cm³/mol. The molecule has 3 N–H and O–H groups in total. The van der Waals surface area contributed by atoms with E-state index in [1.54, 1.807) is 12.1 Å². The number of anilines is 2. The topological polar surface area (TPSA) is 87.2 Å². The molecule has 0 fully saturated rings. The van der Waals surface area contributed by atoms with Gasteiger partial charge in [0.05, 0.1) is 16.6 Å². The summed E-state index contributed by atoms with van der Waals surface area (Å²) < 4.78 is 40.6. The second-order valence-electron chi connectivity index (χ2n) is 6.40. The zero-order valence-electron chi connectivity index (χ0n) is 15.2. The molecule has 0 unspecified atom stereocenters. The van der Waals surface area contributed by atoms with E-state index in [4.69, 9.17) is 5.11 Å². The zero-order valence-corrected chi connectivity index (χ0v) is 15.2. The van der Waals surface area contributed by atoms with Crippen LogP contribution in [0.1, 0.15) is 10.4 Å². The summed E-state index contributed by atoms with van der Waals surface area (Å²) in [6, 6.07) is 17.4. The van der Waals surface area contributed by atoms with Crippen LogP contribution in [0.5, 0.6) is 5.75 Å². The number of H-pyrrole nitrogens is 1. The molecule has 0 aliphatic rings. The lowest BCUT2D eigenvalue weighted by atomic mass is 10.0. The Kier molecular flexibility index (Phi) is 4.78. The van der Waals surface area contributed by atoms with Gasteiger partial charge in [0, 0.05) is 5.69 Å². The van der Waals surface area contributed by atoms with Crippen LogP contribution in [0.3, 0.4) is 0 Å². The smallest absolute Gasteiger partial charge is 0.478 e. The average molecular weight is 413 g/mol. The number of rotatable bonds is 5. The number of nitrogens with one attached hydrogen (secondary N) is 2. The average Bonchev–Trinajstić information content (AvgIpc) is 3.10. The van der Waals surface area contributed by atoms with Crippen molar-refractivity contribution in [2.24, 2.45) is 0 Å². The van der Waals surface area contributed by atoms with Crippen LogP contribution in [-0.2, 0) is 0 Å². The van der Waals surface area contributed by atoms with E-state index in [0.717, 1.165) is 16.6 Å². The lowest BCUT2D eigenvalue weighted by molar-refractivity contribution is -0.274. The molecule has 1 heterocycles. The number of benzene rings is 3. The van der Waals surface area contributed by atoms with Crippen LogP contribution in [-0.4, -0.2) is 27.4 Å². The fraction of sp³-hybridized carbons (Fsp3) is 0.0476. The summed E-state index contributed by atoms with van der Waals surface area (Å²) in [6.07, 6.45) is -4.74. The van der Waals surface area contributed by atoms with Gasteiger partial charge < -0.3 is 20.1 Å². The molecule has 4 rings (SSSR count). The minimum atomic E-state index is -4.74. The molecule has 0 saturated heterocycles. The monoisotopic (exact) mass is 413 g/mol. The highest BCUT2D eigenvalue weighted by Gasteiger charge is 2.30.